The summed E-state index contributed by atoms with van der Waals surface area (Å²) < 4.78 is 40.9. The van der Waals surface area contributed by atoms with Crippen molar-refractivity contribution in [3.63, 3.8) is 0 Å². The number of aliphatic carboxylic acids is 1. The van der Waals surface area contributed by atoms with Gasteiger partial charge in [-0.15, -0.1) is 0 Å². The van der Waals surface area contributed by atoms with E-state index in [-0.39, 0.29) is 24.2 Å². The summed E-state index contributed by atoms with van der Waals surface area (Å²) in [7, 11) is 0. The van der Waals surface area contributed by atoms with E-state index in [9.17, 15) is 18.0 Å². The Balaban J connectivity index is 2.07. The minimum Gasteiger partial charge on any atom is -0.480 e. The minimum atomic E-state index is -4.34. The van der Waals surface area contributed by atoms with Crippen LogP contribution in [0.3, 0.4) is 0 Å². The summed E-state index contributed by atoms with van der Waals surface area (Å²) in [5, 5.41) is 8.74. The van der Waals surface area contributed by atoms with E-state index >= 15 is 0 Å². The van der Waals surface area contributed by atoms with Gasteiger partial charge in [0, 0.05) is 0 Å². The van der Waals surface area contributed by atoms with Gasteiger partial charge in [0.15, 0.2) is 0 Å². The molecule has 2 aromatic rings. The van der Waals surface area contributed by atoms with Crippen LogP contribution in [0.15, 0.2) is 48.5 Å². The summed E-state index contributed by atoms with van der Waals surface area (Å²) in [5.41, 5.74) is 8.35. The zero-order valence-corrected chi connectivity index (χ0v) is 16.4. The molecule has 7 heteroatoms. The summed E-state index contributed by atoms with van der Waals surface area (Å²) in [6.07, 6.45) is -4.17. The standard InChI is InChI=1S/C21H24F3NO2S/c1-14-4-2-5-15(12-14)16-6-3-7-17(13-16)18(21(22,23)24)8-10-28-11-9-19(25)20(26)27/h2-7,12-13,18-19H,8-11,25H2,1H3,(H,26,27). The van der Waals surface area contributed by atoms with Crippen molar-refractivity contribution in [2.45, 2.75) is 37.9 Å². The SMILES string of the molecule is Cc1cccc(-c2cccc(C(CCSCCC(N)C(=O)O)C(F)(F)F)c2)c1. The van der Waals surface area contributed by atoms with Crippen LogP contribution in [0.1, 0.15) is 29.9 Å². The van der Waals surface area contributed by atoms with E-state index in [0.29, 0.717) is 5.75 Å². The van der Waals surface area contributed by atoms with Crippen LogP contribution in [-0.4, -0.2) is 34.8 Å². The molecule has 0 heterocycles. The highest BCUT2D eigenvalue weighted by Crippen LogP contribution is 2.39. The Labute approximate surface area is 167 Å². The molecule has 0 amide bonds. The average Bonchev–Trinajstić information content (AvgIpc) is 2.63. The second-order valence-electron chi connectivity index (χ2n) is 6.72. The van der Waals surface area contributed by atoms with E-state index < -0.39 is 24.1 Å². The van der Waals surface area contributed by atoms with Crippen LogP contribution in [0.5, 0.6) is 0 Å². The van der Waals surface area contributed by atoms with E-state index in [1.54, 1.807) is 12.1 Å². The van der Waals surface area contributed by atoms with Crippen LogP contribution < -0.4 is 5.73 Å². The van der Waals surface area contributed by atoms with Crippen molar-refractivity contribution in [2.75, 3.05) is 11.5 Å². The van der Waals surface area contributed by atoms with E-state index in [2.05, 4.69) is 0 Å². The Bertz CT molecular complexity index is 795. The van der Waals surface area contributed by atoms with Gasteiger partial charge >= 0.3 is 12.1 Å². The zero-order valence-electron chi connectivity index (χ0n) is 15.6. The second kappa shape index (κ2) is 9.98. The van der Waals surface area contributed by atoms with Crippen molar-refractivity contribution >= 4 is 17.7 Å². The molecular weight excluding hydrogens is 387 g/mol. The average molecular weight is 411 g/mol. The van der Waals surface area contributed by atoms with Crippen molar-refractivity contribution < 1.29 is 23.1 Å². The van der Waals surface area contributed by atoms with Gasteiger partial charge in [-0.25, -0.2) is 0 Å². The number of benzene rings is 2. The fraction of sp³-hybridized carbons (Fsp3) is 0.381. The molecule has 2 atom stereocenters. The molecule has 28 heavy (non-hydrogen) atoms. The maximum absolute atomic E-state index is 13.6. The van der Waals surface area contributed by atoms with Crippen molar-refractivity contribution in [3.8, 4) is 11.1 Å². The predicted octanol–water partition coefficient (Wildman–Crippen LogP) is 5.23. The van der Waals surface area contributed by atoms with Gasteiger partial charge in [0.05, 0.1) is 5.92 Å². The van der Waals surface area contributed by atoms with Gasteiger partial charge in [-0.1, -0.05) is 54.1 Å². The Hall–Kier alpha value is -1.99. The first-order chi connectivity index (χ1) is 13.2. The quantitative estimate of drug-likeness (QED) is 0.555. The highest BCUT2D eigenvalue weighted by Gasteiger charge is 2.40. The Morgan fingerprint density at radius 3 is 2.29 bits per heavy atom. The third-order valence-corrected chi connectivity index (χ3v) is 5.53. The molecule has 2 aromatic carbocycles. The van der Waals surface area contributed by atoms with Crippen molar-refractivity contribution in [1.82, 2.24) is 0 Å². The van der Waals surface area contributed by atoms with E-state index in [1.807, 2.05) is 37.3 Å². The lowest BCUT2D eigenvalue weighted by Gasteiger charge is -2.21. The van der Waals surface area contributed by atoms with Gasteiger partial charge in [0.2, 0.25) is 0 Å². The molecule has 0 aromatic heterocycles. The van der Waals surface area contributed by atoms with Crippen molar-refractivity contribution in [1.29, 1.82) is 0 Å². The first kappa shape index (κ1) is 22.3. The van der Waals surface area contributed by atoms with E-state index in [0.717, 1.165) is 16.7 Å². The number of carboxylic acids is 1. The first-order valence-electron chi connectivity index (χ1n) is 8.98. The third kappa shape index (κ3) is 6.56. The molecular formula is C21H24F3NO2S. The maximum atomic E-state index is 13.6. The molecule has 152 valence electrons. The molecule has 0 fully saturated rings. The summed E-state index contributed by atoms with van der Waals surface area (Å²) in [5.74, 6) is -1.95. The lowest BCUT2D eigenvalue weighted by molar-refractivity contribution is -0.150. The summed E-state index contributed by atoms with van der Waals surface area (Å²) in [6.45, 7) is 1.94. The topological polar surface area (TPSA) is 63.3 Å². The number of rotatable bonds is 9. The number of aryl methyl sites for hydroxylation is 1. The largest absolute Gasteiger partial charge is 0.480 e. The Kier molecular flexibility index (Phi) is 7.95. The van der Waals surface area contributed by atoms with Gasteiger partial charge in [0.25, 0.3) is 0 Å². The zero-order chi connectivity index (χ0) is 20.7. The molecule has 2 unspecified atom stereocenters. The molecule has 0 bridgehead atoms. The van der Waals surface area contributed by atoms with Gasteiger partial charge in [0.1, 0.15) is 6.04 Å². The number of carbonyl (C=O) groups is 1. The number of thioether (sulfide) groups is 1. The van der Waals surface area contributed by atoms with Gasteiger partial charge in [-0.05, 0) is 48.0 Å². The first-order valence-corrected chi connectivity index (χ1v) is 10.1. The van der Waals surface area contributed by atoms with Gasteiger partial charge in [-0.2, -0.15) is 24.9 Å². The molecule has 0 spiro atoms. The highest BCUT2D eigenvalue weighted by molar-refractivity contribution is 7.99. The molecule has 0 radical (unpaired) electrons. The van der Waals surface area contributed by atoms with E-state index in [1.165, 1.54) is 17.8 Å². The number of nitrogens with two attached hydrogens (primary N) is 1. The van der Waals surface area contributed by atoms with Crippen LogP contribution in [0, 0.1) is 6.92 Å². The van der Waals surface area contributed by atoms with Crippen molar-refractivity contribution in [3.05, 3.63) is 59.7 Å². The number of hydrogen-bond donors (Lipinski definition) is 2. The predicted molar refractivity (Wildman–Crippen MR) is 108 cm³/mol. The lowest BCUT2D eigenvalue weighted by Crippen LogP contribution is -2.30. The van der Waals surface area contributed by atoms with Crippen molar-refractivity contribution in [2.24, 2.45) is 5.73 Å². The Morgan fingerprint density at radius 2 is 1.68 bits per heavy atom. The molecule has 0 aliphatic rings. The van der Waals surface area contributed by atoms with E-state index in [4.69, 9.17) is 10.8 Å². The van der Waals surface area contributed by atoms with Gasteiger partial charge in [-0.3, -0.25) is 4.79 Å². The minimum absolute atomic E-state index is 0.0618. The van der Waals surface area contributed by atoms with Crippen LogP contribution in [0.4, 0.5) is 13.2 Å². The third-order valence-electron chi connectivity index (χ3n) is 4.48. The molecule has 0 saturated carbocycles. The maximum Gasteiger partial charge on any atom is 0.395 e. The molecule has 3 nitrogen and oxygen atoms in total. The molecule has 3 N–H and O–H groups in total. The van der Waals surface area contributed by atoms with Crippen LogP contribution >= 0.6 is 11.8 Å². The summed E-state index contributed by atoms with van der Waals surface area (Å²) >= 11 is 1.30. The summed E-state index contributed by atoms with van der Waals surface area (Å²) in [4.78, 5) is 10.7. The Morgan fingerprint density at radius 1 is 1.07 bits per heavy atom. The van der Waals surface area contributed by atoms with Gasteiger partial charge < -0.3 is 10.8 Å². The molecule has 0 aliphatic carbocycles. The smallest absolute Gasteiger partial charge is 0.395 e. The molecule has 0 aliphatic heterocycles. The molecule has 2 rings (SSSR count). The normalized spacial score (nSPS) is 13.9. The van der Waals surface area contributed by atoms with Crippen LogP contribution in [0.25, 0.3) is 11.1 Å². The fourth-order valence-corrected chi connectivity index (χ4v) is 3.94. The lowest BCUT2D eigenvalue weighted by atomic mass is 9.92. The second-order valence-corrected chi connectivity index (χ2v) is 7.95. The van der Waals surface area contributed by atoms with Crippen LogP contribution in [-0.2, 0) is 4.79 Å². The van der Waals surface area contributed by atoms with Crippen LogP contribution in [0.2, 0.25) is 0 Å². The monoisotopic (exact) mass is 411 g/mol. The number of alkyl halides is 3. The summed E-state index contributed by atoms with van der Waals surface area (Å²) in [6, 6.07) is 13.3. The number of hydrogen-bond acceptors (Lipinski definition) is 3. The highest BCUT2D eigenvalue weighted by atomic mass is 32.2. The number of halogens is 3. The molecule has 0 saturated heterocycles. The number of carboxylic acid groups (broad SMARTS) is 1. The fourth-order valence-electron chi connectivity index (χ4n) is 2.92.